The molecular weight excluding hydrogens is 581 g/mol. The molecule has 0 amide bonds. The molecular formula is C46H33N2+. The van der Waals surface area contributed by atoms with Crippen LogP contribution in [0.3, 0.4) is 0 Å². The minimum atomic E-state index is 0.119. The summed E-state index contributed by atoms with van der Waals surface area (Å²) in [5.74, 6) is 0.119. The molecule has 7 aromatic carbocycles. The van der Waals surface area contributed by atoms with Crippen LogP contribution in [0.15, 0.2) is 194 Å². The Balaban J connectivity index is 1.27. The van der Waals surface area contributed by atoms with Crippen LogP contribution in [-0.2, 0) is 0 Å². The SMILES string of the molecule is c1ccc(-c2ccc(N(c3ccc(-c4ccccc4)cc3)c3cc4[n+](c5ccccc35)-c3ccccc3C4c3ccccc3)cc2)cc1. The molecule has 1 atom stereocenters. The lowest BCUT2D eigenvalue weighted by molar-refractivity contribution is -0.569. The number of aromatic nitrogens is 1. The molecule has 1 aliphatic rings. The Morgan fingerprint density at radius 1 is 0.417 bits per heavy atom. The Kier molecular flexibility index (Phi) is 6.91. The number of rotatable bonds is 6. The zero-order valence-corrected chi connectivity index (χ0v) is 26.4. The largest absolute Gasteiger partial charge is 0.309 e. The Labute approximate surface area is 281 Å². The number of nitrogens with zero attached hydrogens (tertiary/aromatic N) is 2. The van der Waals surface area contributed by atoms with Crippen LogP contribution < -0.4 is 9.47 Å². The summed E-state index contributed by atoms with van der Waals surface area (Å²) in [6.07, 6.45) is 0. The second-order valence-electron chi connectivity index (χ2n) is 12.4. The highest BCUT2D eigenvalue weighted by Gasteiger charge is 2.40. The summed E-state index contributed by atoms with van der Waals surface area (Å²) >= 11 is 0. The summed E-state index contributed by atoms with van der Waals surface area (Å²) in [5.41, 5.74) is 14.6. The standard InChI is InChI=1S/C46H33N2/c1-4-14-33(15-5-1)35-24-28-38(29-25-35)47(39-30-26-36(27-31-39)34-16-6-2-7-17-34)44-32-45-46(37-18-8-3-9-19-37)41-21-11-13-23-43(41)48(45)42-22-12-10-20-40(42)44/h1-32,46H/q+1. The molecule has 2 heterocycles. The molecule has 0 spiro atoms. The first kappa shape index (κ1) is 28.0. The quantitative estimate of drug-likeness (QED) is 0.169. The van der Waals surface area contributed by atoms with Gasteiger partial charge in [0.2, 0.25) is 16.9 Å². The predicted molar refractivity (Wildman–Crippen MR) is 198 cm³/mol. The monoisotopic (exact) mass is 613 g/mol. The van der Waals surface area contributed by atoms with E-state index in [2.05, 4.69) is 204 Å². The first-order chi connectivity index (χ1) is 23.8. The molecule has 0 N–H and O–H groups in total. The van der Waals surface area contributed by atoms with E-state index < -0.39 is 0 Å². The molecule has 0 aliphatic carbocycles. The third-order valence-corrected chi connectivity index (χ3v) is 9.59. The summed E-state index contributed by atoms with van der Waals surface area (Å²) in [7, 11) is 0. The van der Waals surface area contributed by atoms with Crippen molar-refractivity contribution in [1.29, 1.82) is 0 Å². The molecule has 1 aliphatic heterocycles. The topological polar surface area (TPSA) is 7.12 Å². The Bertz CT molecular complexity index is 2280. The zero-order chi connectivity index (χ0) is 31.9. The molecule has 1 aromatic heterocycles. The van der Waals surface area contributed by atoms with E-state index in [1.165, 1.54) is 55.7 Å². The average Bonchev–Trinajstić information content (AvgIpc) is 3.51. The van der Waals surface area contributed by atoms with Gasteiger partial charge in [-0.15, -0.1) is 0 Å². The maximum absolute atomic E-state index is 2.47. The second-order valence-corrected chi connectivity index (χ2v) is 12.4. The van der Waals surface area contributed by atoms with Crippen molar-refractivity contribution in [3.63, 3.8) is 0 Å². The van der Waals surface area contributed by atoms with E-state index in [9.17, 15) is 0 Å². The Hall–Kier alpha value is -6.25. The lowest BCUT2D eigenvalue weighted by Gasteiger charge is -2.27. The van der Waals surface area contributed by atoms with Gasteiger partial charge in [-0.2, -0.15) is 4.57 Å². The number of pyridine rings is 1. The molecule has 9 rings (SSSR count). The molecule has 2 heteroatoms. The van der Waals surface area contributed by atoms with Gasteiger partial charge < -0.3 is 4.90 Å². The van der Waals surface area contributed by atoms with Crippen LogP contribution >= 0.6 is 0 Å². The fourth-order valence-corrected chi connectivity index (χ4v) is 7.36. The van der Waals surface area contributed by atoms with Crippen LogP contribution in [0, 0.1) is 0 Å². The average molecular weight is 614 g/mol. The molecule has 226 valence electrons. The van der Waals surface area contributed by atoms with Crippen molar-refractivity contribution in [1.82, 2.24) is 0 Å². The van der Waals surface area contributed by atoms with Crippen molar-refractivity contribution in [2.24, 2.45) is 0 Å². The van der Waals surface area contributed by atoms with Crippen molar-refractivity contribution in [3.8, 4) is 27.9 Å². The number of hydrogen-bond acceptors (Lipinski definition) is 1. The first-order valence-corrected chi connectivity index (χ1v) is 16.6. The van der Waals surface area contributed by atoms with Gasteiger partial charge in [0.1, 0.15) is 5.92 Å². The van der Waals surface area contributed by atoms with Gasteiger partial charge in [-0.25, -0.2) is 0 Å². The molecule has 0 radical (unpaired) electrons. The van der Waals surface area contributed by atoms with Gasteiger partial charge in [0.25, 0.3) is 0 Å². The maximum Gasteiger partial charge on any atom is 0.220 e. The van der Waals surface area contributed by atoms with E-state index in [1.807, 2.05) is 0 Å². The Morgan fingerprint density at radius 2 is 0.896 bits per heavy atom. The molecule has 0 bridgehead atoms. The van der Waals surface area contributed by atoms with E-state index in [0.717, 1.165) is 17.1 Å². The van der Waals surface area contributed by atoms with E-state index in [1.54, 1.807) is 0 Å². The molecule has 0 fully saturated rings. The minimum absolute atomic E-state index is 0.119. The molecule has 8 aromatic rings. The van der Waals surface area contributed by atoms with Crippen LogP contribution in [0.1, 0.15) is 22.7 Å². The van der Waals surface area contributed by atoms with Crippen LogP contribution in [0.4, 0.5) is 17.1 Å². The van der Waals surface area contributed by atoms with Gasteiger partial charge in [0.15, 0.2) is 0 Å². The fourth-order valence-electron chi connectivity index (χ4n) is 7.36. The van der Waals surface area contributed by atoms with E-state index in [-0.39, 0.29) is 5.92 Å². The van der Waals surface area contributed by atoms with Crippen LogP contribution in [0.25, 0.3) is 38.8 Å². The fraction of sp³-hybridized carbons (Fsp3) is 0.0217. The normalized spacial score (nSPS) is 13.2. The second kappa shape index (κ2) is 11.8. The molecule has 0 saturated carbocycles. The number of fused-ring (bicyclic) bond motifs is 5. The minimum Gasteiger partial charge on any atom is -0.309 e. The van der Waals surface area contributed by atoms with Crippen molar-refractivity contribution in [3.05, 3.63) is 211 Å². The number of hydrogen-bond donors (Lipinski definition) is 0. The highest BCUT2D eigenvalue weighted by Crippen LogP contribution is 2.45. The lowest BCUT2D eigenvalue weighted by Crippen LogP contribution is -2.34. The van der Waals surface area contributed by atoms with Gasteiger partial charge in [-0.1, -0.05) is 146 Å². The summed E-state index contributed by atoms with van der Waals surface area (Å²) < 4.78 is 2.47. The summed E-state index contributed by atoms with van der Waals surface area (Å²) in [4.78, 5) is 2.43. The van der Waals surface area contributed by atoms with Gasteiger partial charge >= 0.3 is 0 Å². The van der Waals surface area contributed by atoms with Crippen molar-refractivity contribution >= 4 is 28.0 Å². The highest BCUT2D eigenvalue weighted by molar-refractivity contribution is 5.96. The van der Waals surface area contributed by atoms with Crippen LogP contribution in [-0.4, -0.2) is 0 Å². The number of anilines is 3. The summed E-state index contributed by atoms with van der Waals surface area (Å²) in [6, 6.07) is 70.2. The van der Waals surface area contributed by atoms with E-state index >= 15 is 0 Å². The smallest absolute Gasteiger partial charge is 0.220 e. The molecule has 2 nitrogen and oxygen atoms in total. The third kappa shape index (κ3) is 4.78. The third-order valence-electron chi connectivity index (χ3n) is 9.59. The van der Waals surface area contributed by atoms with Gasteiger partial charge in [0, 0.05) is 35.1 Å². The summed E-state index contributed by atoms with van der Waals surface area (Å²) in [6.45, 7) is 0. The zero-order valence-electron chi connectivity index (χ0n) is 26.4. The molecule has 48 heavy (non-hydrogen) atoms. The Morgan fingerprint density at radius 3 is 1.50 bits per heavy atom. The summed E-state index contributed by atoms with van der Waals surface area (Å²) in [5, 5.41) is 1.20. The van der Waals surface area contributed by atoms with Crippen molar-refractivity contribution in [2.75, 3.05) is 4.90 Å². The highest BCUT2D eigenvalue weighted by atomic mass is 15.2. The maximum atomic E-state index is 2.47. The lowest BCUT2D eigenvalue weighted by atomic mass is 9.89. The first-order valence-electron chi connectivity index (χ1n) is 16.6. The molecule has 1 unspecified atom stereocenters. The van der Waals surface area contributed by atoms with Gasteiger partial charge in [0.05, 0.1) is 11.1 Å². The van der Waals surface area contributed by atoms with Gasteiger partial charge in [-0.3, -0.25) is 0 Å². The number of para-hydroxylation sites is 2. The van der Waals surface area contributed by atoms with Crippen LogP contribution in [0.2, 0.25) is 0 Å². The van der Waals surface area contributed by atoms with E-state index in [0.29, 0.717) is 0 Å². The van der Waals surface area contributed by atoms with Crippen molar-refractivity contribution < 1.29 is 4.57 Å². The molecule has 0 saturated heterocycles. The number of benzene rings is 7. The van der Waals surface area contributed by atoms with Gasteiger partial charge in [-0.05, 0) is 58.1 Å². The van der Waals surface area contributed by atoms with Crippen molar-refractivity contribution in [2.45, 2.75) is 5.92 Å². The van der Waals surface area contributed by atoms with Crippen LogP contribution in [0.5, 0.6) is 0 Å². The van der Waals surface area contributed by atoms with E-state index in [4.69, 9.17) is 0 Å². The predicted octanol–water partition coefficient (Wildman–Crippen LogP) is 11.4.